The van der Waals surface area contributed by atoms with E-state index in [1.54, 1.807) is 14.2 Å². The smallest absolute Gasteiger partial charge is 0.142 e. The molecular weight excluding hydrogens is 270 g/mol. The lowest BCUT2D eigenvalue weighted by Crippen LogP contribution is -2.24. The summed E-state index contributed by atoms with van der Waals surface area (Å²) in [7, 11) is 3.38. The summed E-state index contributed by atoms with van der Waals surface area (Å²) in [6, 6.07) is 6.21. The van der Waals surface area contributed by atoms with Crippen LogP contribution < -0.4 is 10.1 Å². The second-order valence-corrected chi connectivity index (χ2v) is 4.47. The van der Waals surface area contributed by atoms with Crippen LogP contribution in [0.15, 0.2) is 22.7 Å². The van der Waals surface area contributed by atoms with E-state index in [1.807, 2.05) is 18.2 Å². The van der Waals surface area contributed by atoms with E-state index in [4.69, 9.17) is 9.47 Å². The molecule has 0 spiro atoms. The fourth-order valence-corrected chi connectivity index (χ4v) is 1.84. The highest BCUT2D eigenvalue weighted by Crippen LogP contribution is 2.28. The summed E-state index contributed by atoms with van der Waals surface area (Å²) in [6.07, 6.45) is 1.00. The zero-order valence-corrected chi connectivity index (χ0v) is 11.5. The van der Waals surface area contributed by atoms with Crippen LogP contribution in [0.2, 0.25) is 0 Å². The van der Waals surface area contributed by atoms with Gasteiger partial charge in [-0.25, -0.2) is 0 Å². The van der Waals surface area contributed by atoms with Crippen molar-refractivity contribution in [1.82, 2.24) is 0 Å². The van der Waals surface area contributed by atoms with Gasteiger partial charge in [0.05, 0.1) is 19.4 Å². The molecule has 1 rings (SSSR count). The number of methoxy groups -OCH3 is 2. The van der Waals surface area contributed by atoms with Crippen LogP contribution in [-0.4, -0.2) is 26.9 Å². The first-order chi connectivity index (χ1) is 7.71. The van der Waals surface area contributed by atoms with Crippen molar-refractivity contribution in [1.29, 1.82) is 0 Å². The summed E-state index contributed by atoms with van der Waals surface area (Å²) in [4.78, 5) is 0. The molecule has 1 aromatic rings. The van der Waals surface area contributed by atoms with Gasteiger partial charge in [-0.2, -0.15) is 0 Å². The molecule has 0 aliphatic carbocycles. The molecule has 0 saturated heterocycles. The van der Waals surface area contributed by atoms with E-state index >= 15 is 0 Å². The van der Waals surface area contributed by atoms with Gasteiger partial charge in [-0.15, -0.1) is 0 Å². The maximum Gasteiger partial charge on any atom is 0.142 e. The molecule has 0 aliphatic heterocycles. The first kappa shape index (κ1) is 13.3. The molecule has 0 radical (unpaired) electrons. The molecule has 90 valence electrons. The first-order valence-electron chi connectivity index (χ1n) is 5.30. The normalized spacial score (nSPS) is 12.2. The molecule has 0 saturated carbocycles. The molecule has 1 atom stereocenters. The third-order valence-electron chi connectivity index (χ3n) is 2.38. The molecule has 3 nitrogen and oxygen atoms in total. The van der Waals surface area contributed by atoms with E-state index in [9.17, 15) is 0 Å². The number of ether oxygens (including phenoxy) is 2. The van der Waals surface area contributed by atoms with E-state index < -0.39 is 0 Å². The topological polar surface area (TPSA) is 30.5 Å². The Morgan fingerprint density at radius 3 is 2.69 bits per heavy atom. The van der Waals surface area contributed by atoms with E-state index in [0.717, 1.165) is 22.3 Å². The number of rotatable bonds is 6. The Balaban J connectivity index is 2.80. The third kappa shape index (κ3) is 3.68. The lowest BCUT2D eigenvalue weighted by atomic mass is 10.2. The van der Waals surface area contributed by atoms with Crippen molar-refractivity contribution in [3.8, 4) is 5.75 Å². The second kappa shape index (κ2) is 6.76. The van der Waals surface area contributed by atoms with Gasteiger partial charge in [0.25, 0.3) is 0 Å². The van der Waals surface area contributed by atoms with Crippen molar-refractivity contribution in [2.24, 2.45) is 0 Å². The molecule has 0 heterocycles. The highest BCUT2D eigenvalue weighted by atomic mass is 79.9. The van der Waals surface area contributed by atoms with Crippen LogP contribution in [0.3, 0.4) is 0 Å². The van der Waals surface area contributed by atoms with Gasteiger partial charge < -0.3 is 14.8 Å². The number of benzene rings is 1. The maximum absolute atomic E-state index is 5.30. The zero-order chi connectivity index (χ0) is 12.0. The van der Waals surface area contributed by atoms with Crippen LogP contribution in [0, 0.1) is 0 Å². The predicted octanol–water partition coefficient (Wildman–Crippen LogP) is 3.29. The minimum atomic E-state index is 0.299. The van der Waals surface area contributed by atoms with Crippen molar-refractivity contribution in [3.63, 3.8) is 0 Å². The maximum atomic E-state index is 5.30. The zero-order valence-electron chi connectivity index (χ0n) is 9.92. The number of anilines is 1. The highest BCUT2D eigenvalue weighted by Gasteiger charge is 2.09. The van der Waals surface area contributed by atoms with Crippen molar-refractivity contribution in [2.75, 3.05) is 26.1 Å². The van der Waals surface area contributed by atoms with Crippen molar-refractivity contribution in [3.05, 3.63) is 22.7 Å². The molecule has 0 aromatic heterocycles. The van der Waals surface area contributed by atoms with Crippen molar-refractivity contribution >= 4 is 21.6 Å². The third-order valence-corrected chi connectivity index (χ3v) is 2.88. The minimum Gasteiger partial charge on any atom is -0.495 e. The molecule has 0 aliphatic rings. The number of hydrogen-bond donors (Lipinski definition) is 1. The highest BCUT2D eigenvalue weighted by molar-refractivity contribution is 9.10. The van der Waals surface area contributed by atoms with Crippen molar-refractivity contribution < 1.29 is 9.47 Å². The molecule has 0 bridgehead atoms. The first-order valence-corrected chi connectivity index (χ1v) is 6.09. The predicted molar refractivity (Wildman–Crippen MR) is 70.3 cm³/mol. The number of nitrogens with one attached hydrogen (secondary N) is 1. The molecule has 16 heavy (non-hydrogen) atoms. The fourth-order valence-electron chi connectivity index (χ4n) is 1.48. The molecule has 4 heteroatoms. The van der Waals surface area contributed by atoms with Crippen LogP contribution in [0.5, 0.6) is 5.75 Å². The standard InChI is InChI=1S/C12H18BrNO2/c1-4-10(8-15-2)14-11-7-9(13)5-6-12(11)16-3/h5-7,10,14H,4,8H2,1-3H3. The van der Waals surface area contributed by atoms with Gasteiger partial charge in [0.1, 0.15) is 5.75 Å². The molecule has 1 N–H and O–H groups in total. The van der Waals surface area contributed by atoms with Gasteiger partial charge in [-0.05, 0) is 24.6 Å². The average molecular weight is 288 g/mol. The fraction of sp³-hybridized carbons (Fsp3) is 0.500. The lowest BCUT2D eigenvalue weighted by Gasteiger charge is -2.19. The Hall–Kier alpha value is -0.740. The summed E-state index contributed by atoms with van der Waals surface area (Å²) in [5.74, 6) is 0.845. The van der Waals surface area contributed by atoms with Gasteiger partial charge in [-0.1, -0.05) is 22.9 Å². The Kier molecular flexibility index (Phi) is 5.63. The van der Waals surface area contributed by atoms with Crippen molar-refractivity contribution in [2.45, 2.75) is 19.4 Å². The van der Waals surface area contributed by atoms with E-state index in [2.05, 4.69) is 28.2 Å². The van der Waals surface area contributed by atoms with Crippen LogP contribution in [0.1, 0.15) is 13.3 Å². The molecule has 0 amide bonds. The average Bonchev–Trinajstić information content (AvgIpc) is 2.29. The van der Waals surface area contributed by atoms with Crippen LogP contribution in [-0.2, 0) is 4.74 Å². The second-order valence-electron chi connectivity index (χ2n) is 3.55. The monoisotopic (exact) mass is 287 g/mol. The van der Waals surface area contributed by atoms with Crippen LogP contribution in [0.4, 0.5) is 5.69 Å². The van der Waals surface area contributed by atoms with Gasteiger partial charge >= 0.3 is 0 Å². The molecule has 1 unspecified atom stereocenters. The van der Waals surface area contributed by atoms with E-state index in [0.29, 0.717) is 12.6 Å². The Morgan fingerprint density at radius 1 is 1.38 bits per heavy atom. The summed E-state index contributed by atoms with van der Waals surface area (Å²) < 4.78 is 11.5. The van der Waals surface area contributed by atoms with E-state index in [-0.39, 0.29) is 0 Å². The SMILES string of the molecule is CCC(COC)Nc1cc(Br)ccc1OC. The van der Waals surface area contributed by atoms with Gasteiger partial charge in [0, 0.05) is 17.6 Å². The summed E-state index contributed by atoms with van der Waals surface area (Å²) in [5, 5.41) is 3.41. The summed E-state index contributed by atoms with van der Waals surface area (Å²) in [6.45, 7) is 2.81. The molecule has 0 fully saturated rings. The quantitative estimate of drug-likeness (QED) is 0.871. The Labute approximate surface area is 105 Å². The molecular formula is C12H18BrNO2. The molecule has 1 aromatic carbocycles. The van der Waals surface area contributed by atoms with Crippen LogP contribution >= 0.6 is 15.9 Å². The van der Waals surface area contributed by atoms with E-state index in [1.165, 1.54) is 0 Å². The largest absolute Gasteiger partial charge is 0.495 e. The number of hydrogen-bond acceptors (Lipinski definition) is 3. The minimum absolute atomic E-state index is 0.299. The summed E-state index contributed by atoms with van der Waals surface area (Å²) >= 11 is 3.45. The van der Waals surface area contributed by atoms with Gasteiger partial charge in [0.2, 0.25) is 0 Å². The van der Waals surface area contributed by atoms with Gasteiger partial charge in [0.15, 0.2) is 0 Å². The van der Waals surface area contributed by atoms with Crippen LogP contribution in [0.25, 0.3) is 0 Å². The lowest BCUT2D eigenvalue weighted by molar-refractivity contribution is 0.184. The Bertz CT molecular complexity index is 331. The summed E-state index contributed by atoms with van der Waals surface area (Å²) in [5.41, 5.74) is 0.987. The number of halogens is 1. The van der Waals surface area contributed by atoms with Gasteiger partial charge in [-0.3, -0.25) is 0 Å². The Morgan fingerprint density at radius 2 is 2.12 bits per heavy atom.